The number of piperazine rings is 1. The first-order valence-electron chi connectivity index (χ1n) is 8.97. The van der Waals surface area contributed by atoms with Gasteiger partial charge < -0.3 is 14.4 Å². The van der Waals surface area contributed by atoms with E-state index in [0.29, 0.717) is 38.3 Å². The lowest BCUT2D eigenvalue weighted by atomic mass is 10.1. The largest absolute Gasteiger partial charge is 0.466 e. The molecule has 1 aromatic rings. The van der Waals surface area contributed by atoms with E-state index in [4.69, 9.17) is 9.47 Å². The Balaban J connectivity index is 2.06. The van der Waals surface area contributed by atoms with E-state index in [0.717, 1.165) is 0 Å². The number of hydrogen-bond acceptors (Lipinski definition) is 6. The van der Waals surface area contributed by atoms with Crippen molar-refractivity contribution in [2.24, 2.45) is 0 Å². The molecule has 1 amide bonds. The zero-order valence-corrected chi connectivity index (χ0v) is 15.3. The van der Waals surface area contributed by atoms with Crippen LogP contribution in [0, 0.1) is 0 Å². The zero-order chi connectivity index (χ0) is 18.9. The number of amides is 1. The summed E-state index contributed by atoms with van der Waals surface area (Å²) in [7, 11) is 0. The number of benzene rings is 1. The summed E-state index contributed by atoms with van der Waals surface area (Å²) in [5, 5.41) is 0. The highest BCUT2D eigenvalue weighted by atomic mass is 16.5. The summed E-state index contributed by atoms with van der Waals surface area (Å²) in [5.41, 5.74) is 0.543. The van der Waals surface area contributed by atoms with Crippen molar-refractivity contribution in [2.45, 2.75) is 26.3 Å². The first-order chi connectivity index (χ1) is 12.6. The molecule has 0 radical (unpaired) electrons. The molecule has 1 aromatic carbocycles. The van der Waals surface area contributed by atoms with E-state index in [-0.39, 0.29) is 24.9 Å². The fourth-order valence-electron chi connectivity index (χ4n) is 2.95. The Labute approximate surface area is 153 Å². The lowest BCUT2D eigenvalue weighted by Gasteiger charge is -2.40. The molecule has 1 aliphatic heterocycles. The Bertz CT molecular complexity index is 620. The van der Waals surface area contributed by atoms with Crippen molar-refractivity contribution in [3.05, 3.63) is 35.9 Å². The maximum absolute atomic E-state index is 12.8. The molecule has 0 aliphatic carbocycles. The van der Waals surface area contributed by atoms with Gasteiger partial charge in [-0.25, -0.2) is 4.79 Å². The van der Waals surface area contributed by atoms with E-state index in [1.807, 2.05) is 11.0 Å². The molecule has 7 nitrogen and oxygen atoms in total. The van der Waals surface area contributed by atoms with Crippen LogP contribution in [0.25, 0.3) is 0 Å². The van der Waals surface area contributed by atoms with Crippen molar-refractivity contribution in [3.8, 4) is 0 Å². The molecular weight excluding hydrogens is 336 g/mol. The van der Waals surface area contributed by atoms with Crippen molar-refractivity contribution in [1.82, 2.24) is 9.80 Å². The van der Waals surface area contributed by atoms with E-state index in [1.165, 1.54) is 0 Å². The number of carbonyl (C=O) groups excluding carboxylic acids is 3. The minimum absolute atomic E-state index is 0.186. The Kier molecular flexibility index (Phi) is 7.59. The maximum Gasteiger partial charge on any atom is 0.330 e. The molecule has 1 aliphatic rings. The van der Waals surface area contributed by atoms with E-state index >= 15 is 0 Å². The summed E-state index contributed by atoms with van der Waals surface area (Å²) in [6, 6.07) is 8.21. The van der Waals surface area contributed by atoms with Crippen molar-refractivity contribution in [3.63, 3.8) is 0 Å². The second kappa shape index (κ2) is 9.91. The van der Waals surface area contributed by atoms with Gasteiger partial charge in [-0.1, -0.05) is 18.2 Å². The normalized spacial score (nSPS) is 17.6. The number of rotatable bonds is 7. The molecule has 1 fully saturated rings. The molecule has 7 heteroatoms. The summed E-state index contributed by atoms with van der Waals surface area (Å²) in [6.45, 7) is 5.94. The van der Waals surface area contributed by atoms with Crippen LogP contribution < -0.4 is 0 Å². The number of nitrogens with zero attached hydrogens (tertiary/aromatic N) is 2. The Morgan fingerprint density at radius 3 is 2.38 bits per heavy atom. The van der Waals surface area contributed by atoms with E-state index in [2.05, 4.69) is 0 Å². The highest BCUT2D eigenvalue weighted by molar-refractivity contribution is 5.97. The Morgan fingerprint density at radius 2 is 1.73 bits per heavy atom. The summed E-state index contributed by atoms with van der Waals surface area (Å²) >= 11 is 0. The molecule has 142 valence electrons. The molecular formula is C19H26N2O5. The third-order valence-corrected chi connectivity index (χ3v) is 4.24. The predicted octanol–water partition coefficient (Wildman–Crippen LogP) is 1.33. The molecule has 0 bridgehead atoms. The highest BCUT2D eigenvalue weighted by Gasteiger charge is 2.36. The quantitative estimate of drug-likeness (QED) is 0.681. The van der Waals surface area contributed by atoms with Gasteiger partial charge in [0.25, 0.3) is 5.91 Å². The van der Waals surface area contributed by atoms with Crippen LogP contribution in [0.1, 0.15) is 30.6 Å². The second-order valence-electron chi connectivity index (χ2n) is 5.99. The highest BCUT2D eigenvalue weighted by Crippen LogP contribution is 2.16. The number of ether oxygens (including phenoxy) is 2. The Morgan fingerprint density at radius 1 is 1.04 bits per heavy atom. The SMILES string of the molecule is CCOC(=O)CCN1CCN(C(=O)c2ccccc2)C(C(=O)OCC)C1. The number of esters is 2. The molecule has 1 unspecified atom stereocenters. The molecule has 1 atom stereocenters. The minimum Gasteiger partial charge on any atom is -0.466 e. The molecule has 26 heavy (non-hydrogen) atoms. The molecule has 1 saturated heterocycles. The smallest absolute Gasteiger partial charge is 0.330 e. The molecule has 0 spiro atoms. The fraction of sp³-hybridized carbons (Fsp3) is 0.526. The van der Waals surface area contributed by atoms with Gasteiger partial charge >= 0.3 is 11.9 Å². The topological polar surface area (TPSA) is 76.2 Å². The summed E-state index contributed by atoms with van der Waals surface area (Å²) < 4.78 is 10.1. The monoisotopic (exact) mass is 362 g/mol. The van der Waals surface area contributed by atoms with E-state index in [1.54, 1.807) is 43.0 Å². The molecule has 2 rings (SSSR count). The van der Waals surface area contributed by atoms with Crippen molar-refractivity contribution < 1.29 is 23.9 Å². The van der Waals surface area contributed by atoms with Crippen LogP contribution >= 0.6 is 0 Å². The summed E-state index contributed by atoms with van der Waals surface area (Å²) in [5.74, 6) is -0.866. The van der Waals surface area contributed by atoms with Gasteiger partial charge in [0, 0.05) is 31.7 Å². The summed E-state index contributed by atoms with van der Waals surface area (Å²) in [4.78, 5) is 40.3. The van der Waals surface area contributed by atoms with Gasteiger partial charge in [0.2, 0.25) is 0 Å². The lowest BCUT2D eigenvalue weighted by Crippen LogP contribution is -2.58. The van der Waals surface area contributed by atoms with Crippen molar-refractivity contribution >= 4 is 17.8 Å². The second-order valence-corrected chi connectivity index (χ2v) is 5.99. The van der Waals surface area contributed by atoms with Gasteiger partial charge in [0.05, 0.1) is 19.6 Å². The van der Waals surface area contributed by atoms with Crippen LogP contribution in [-0.2, 0) is 19.1 Å². The lowest BCUT2D eigenvalue weighted by molar-refractivity contribution is -0.150. The van der Waals surface area contributed by atoms with Gasteiger partial charge in [-0.15, -0.1) is 0 Å². The molecule has 0 N–H and O–H groups in total. The van der Waals surface area contributed by atoms with Gasteiger partial charge in [-0.3, -0.25) is 14.5 Å². The van der Waals surface area contributed by atoms with Crippen LogP contribution in [-0.4, -0.2) is 73.1 Å². The minimum atomic E-state index is -0.682. The van der Waals surface area contributed by atoms with Crippen LogP contribution in [0.5, 0.6) is 0 Å². The van der Waals surface area contributed by atoms with Crippen molar-refractivity contribution in [2.75, 3.05) is 39.4 Å². The summed E-state index contributed by atoms with van der Waals surface area (Å²) in [6.07, 6.45) is 0.260. The first kappa shape index (κ1) is 19.9. The number of hydrogen-bond donors (Lipinski definition) is 0. The number of carbonyl (C=O) groups is 3. The standard InChI is InChI=1S/C19H26N2O5/c1-3-25-17(22)10-11-20-12-13-21(16(14-20)19(24)26-4-2)18(23)15-8-6-5-7-9-15/h5-9,16H,3-4,10-14H2,1-2H3. The molecule has 0 saturated carbocycles. The van der Waals surface area contributed by atoms with Gasteiger partial charge in [0.15, 0.2) is 0 Å². The average Bonchev–Trinajstić information content (AvgIpc) is 2.67. The Hall–Kier alpha value is -2.41. The van der Waals surface area contributed by atoms with Gasteiger partial charge in [-0.2, -0.15) is 0 Å². The van der Waals surface area contributed by atoms with E-state index in [9.17, 15) is 14.4 Å². The van der Waals surface area contributed by atoms with Crippen LogP contribution in [0.2, 0.25) is 0 Å². The van der Waals surface area contributed by atoms with Crippen LogP contribution in [0.4, 0.5) is 0 Å². The predicted molar refractivity (Wildman–Crippen MR) is 95.6 cm³/mol. The zero-order valence-electron chi connectivity index (χ0n) is 15.3. The first-order valence-corrected chi connectivity index (χ1v) is 8.97. The van der Waals surface area contributed by atoms with Crippen LogP contribution in [0.3, 0.4) is 0 Å². The van der Waals surface area contributed by atoms with Gasteiger partial charge in [-0.05, 0) is 26.0 Å². The third kappa shape index (κ3) is 5.29. The van der Waals surface area contributed by atoms with E-state index < -0.39 is 12.0 Å². The molecule has 0 aromatic heterocycles. The third-order valence-electron chi connectivity index (χ3n) is 4.24. The van der Waals surface area contributed by atoms with Crippen LogP contribution in [0.15, 0.2) is 30.3 Å². The van der Waals surface area contributed by atoms with Crippen molar-refractivity contribution in [1.29, 1.82) is 0 Å². The average molecular weight is 362 g/mol. The van der Waals surface area contributed by atoms with Gasteiger partial charge in [0.1, 0.15) is 6.04 Å². The fourth-order valence-corrected chi connectivity index (χ4v) is 2.95. The molecule has 1 heterocycles. The maximum atomic E-state index is 12.8.